The first kappa shape index (κ1) is 17.1. The number of amides is 2. The predicted octanol–water partition coefficient (Wildman–Crippen LogP) is 5.36. The van der Waals surface area contributed by atoms with Crippen LogP contribution in [0.4, 0.5) is 10.5 Å². The number of aromatic nitrogens is 1. The van der Waals surface area contributed by atoms with Crippen molar-refractivity contribution in [3.05, 3.63) is 69.7 Å². The molecule has 1 aliphatic rings. The number of aryl methyl sites for hydroxylation is 1. The Kier molecular flexibility index (Phi) is 4.66. The minimum atomic E-state index is -0.0942. The maximum absolute atomic E-state index is 12.5. The molecule has 0 atom stereocenters. The number of halogens is 1. The number of nitrogens with one attached hydrogen (secondary N) is 1. The Hall–Kier alpha value is -2.37. The SMILES string of the molecule is Cc1ccc(-c2nc3c(s2)CN(C(=O)Nc2ccc(Cl)cc2)CC3)cc1. The van der Waals surface area contributed by atoms with Crippen molar-refractivity contribution >= 4 is 34.7 Å². The van der Waals surface area contributed by atoms with Crippen LogP contribution in [-0.4, -0.2) is 22.5 Å². The molecule has 132 valence electrons. The van der Waals surface area contributed by atoms with Crippen LogP contribution in [0.1, 0.15) is 16.1 Å². The lowest BCUT2D eigenvalue weighted by Gasteiger charge is -2.26. The predicted molar refractivity (Wildman–Crippen MR) is 107 cm³/mol. The van der Waals surface area contributed by atoms with Gasteiger partial charge >= 0.3 is 6.03 Å². The Bertz CT molecular complexity index is 935. The zero-order valence-electron chi connectivity index (χ0n) is 14.3. The normalized spacial score (nSPS) is 13.4. The van der Waals surface area contributed by atoms with E-state index in [4.69, 9.17) is 16.6 Å². The standard InChI is InChI=1S/C20H18ClN3OS/c1-13-2-4-14(5-3-13)19-23-17-10-11-24(12-18(17)26-19)20(25)22-16-8-6-15(21)7-9-16/h2-9H,10-12H2,1H3,(H,22,25). The van der Waals surface area contributed by atoms with Crippen molar-refractivity contribution in [2.24, 2.45) is 0 Å². The summed E-state index contributed by atoms with van der Waals surface area (Å²) in [7, 11) is 0. The second kappa shape index (κ2) is 7.09. The van der Waals surface area contributed by atoms with E-state index in [2.05, 4.69) is 36.5 Å². The molecule has 26 heavy (non-hydrogen) atoms. The third-order valence-electron chi connectivity index (χ3n) is 4.41. The summed E-state index contributed by atoms with van der Waals surface area (Å²) in [6.07, 6.45) is 0.783. The Morgan fingerprint density at radius 3 is 2.62 bits per heavy atom. The van der Waals surface area contributed by atoms with Gasteiger partial charge in [-0.25, -0.2) is 9.78 Å². The number of carbonyl (C=O) groups excluding carboxylic acids is 1. The van der Waals surface area contributed by atoms with E-state index in [1.54, 1.807) is 35.6 Å². The lowest BCUT2D eigenvalue weighted by Crippen LogP contribution is -2.38. The van der Waals surface area contributed by atoms with Crippen molar-refractivity contribution < 1.29 is 4.79 Å². The van der Waals surface area contributed by atoms with Gasteiger partial charge < -0.3 is 10.2 Å². The first-order chi connectivity index (χ1) is 12.6. The van der Waals surface area contributed by atoms with Crippen LogP contribution in [0.3, 0.4) is 0 Å². The highest BCUT2D eigenvalue weighted by Crippen LogP contribution is 2.32. The van der Waals surface area contributed by atoms with Gasteiger partial charge in [0.15, 0.2) is 0 Å². The second-order valence-corrected chi connectivity index (χ2v) is 7.88. The number of anilines is 1. The molecule has 0 aliphatic carbocycles. The molecule has 6 heteroatoms. The molecular weight excluding hydrogens is 366 g/mol. The van der Waals surface area contributed by atoms with Crippen molar-refractivity contribution in [1.82, 2.24) is 9.88 Å². The zero-order valence-corrected chi connectivity index (χ0v) is 15.9. The molecule has 0 spiro atoms. The monoisotopic (exact) mass is 383 g/mol. The van der Waals surface area contributed by atoms with E-state index < -0.39 is 0 Å². The third-order valence-corrected chi connectivity index (χ3v) is 5.80. The summed E-state index contributed by atoms with van der Waals surface area (Å²) in [5.41, 5.74) is 4.23. The molecule has 0 fully saturated rings. The fraction of sp³-hybridized carbons (Fsp3) is 0.200. The third kappa shape index (κ3) is 3.59. The average Bonchev–Trinajstić information content (AvgIpc) is 3.07. The number of urea groups is 1. The smallest absolute Gasteiger partial charge is 0.319 e. The van der Waals surface area contributed by atoms with E-state index >= 15 is 0 Å². The van der Waals surface area contributed by atoms with Gasteiger partial charge in [-0.15, -0.1) is 11.3 Å². The number of hydrogen-bond acceptors (Lipinski definition) is 3. The lowest BCUT2D eigenvalue weighted by molar-refractivity contribution is 0.207. The van der Waals surface area contributed by atoms with E-state index in [-0.39, 0.29) is 6.03 Å². The maximum Gasteiger partial charge on any atom is 0.322 e. The van der Waals surface area contributed by atoms with E-state index in [1.807, 2.05) is 4.90 Å². The molecule has 4 rings (SSSR count). The Labute approximate surface area is 161 Å². The summed E-state index contributed by atoms with van der Waals surface area (Å²) in [5.74, 6) is 0. The highest BCUT2D eigenvalue weighted by atomic mass is 35.5. The second-order valence-electron chi connectivity index (χ2n) is 6.36. The van der Waals surface area contributed by atoms with Crippen LogP contribution in [0, 0.1) is 6.92 Å². The fourth-order valence-electron chi connectivity index (χ4n) is 2.92. The zero-order chi connectivity index (χ0) is 18.1. The molecular formula is C20H18ClN3OS. The fourth-order valence-corrected chi connectivity index (χ4v) is 4.18. The molecule has 2 heterocycles. The van der Waals surface area contributed by atoms with Gasteiger partial charge in [0.25, 0.3) is 0 Å². The number of rotatable bonds is 2. The highest BCUT2D eigenvalue weighted by molar-refractivity contribution is 7.15. The molecule has 2 amide bonds. The van der Waals surface area contributed by atoms with Crippen molar-refractivity contribution in [1.29, 1.82) is 0 Å². The van der Waals surface area contributed by atoms with Crippen LogP contribution >= 0.6 is 22.9 Å². The highest BCUT2D eigenvalue weighted by Gasteiger charge is 2.24. The summed E-state index contributed by atoms with van der Waals surface area (Å²) in [6.45, 7) is 3.34. The van der Waals surface area contributed by atoms with E-state index in [9.17, 15) is 4.79 Å². The molecule has 0 saturated heterocycles. The van der Waals surface area contributed by atoms with Gasteiger partial charge in [-0.1, -0.05) is 41.4 Å². The summed E-state index contributed by atoms with van der Waals surface area (Å²) in [4.78, 5) is 20.3. The molecule has 0 bridgehead atoms. The molecule has 1 aromatic heterocycles. The first-order valence-electron chi connectivity index (χ1n) is 8.45. The topological polar surface area (TPSA) is 45.2 Å². The Morgan fingerprint density at radius 2 is 1.88 bits per heavy atom. The summed E-state index contributed by atoms with van der Waals surface area (Å²) in [5, 5.41) is 4.60. The van der Waals surface area contributed by atoms with Gasteiger partial charge in [0.05, 0.1) is 12.2 Å². The number of thiazole rings is 1. The molecule has 0 radical (unpaired) electrons. The Morgan fingerprint density at radius 1 is 1.15 bits per heavy atom. The van der Waals surface area contributed by atoms with Crippen LogP contribution in [0.15, 0.2) is 48.5 Å². The Balaban J connectivity index is 1.48. The van der Waals surface area contributed by atoms with Crippen molar-refractivity contribution in [3.63, 3.8) is 0 Å². The van der Waals surface area contributed by atoms with Crippen LogP contribution in [0.5, 0.6) is 0 Å². The number of fused-ring (bicyclic) bond motifs is 1. The summed E-state index contributed by atoms with van der Waals surface area (Å²) < 4.78 is 0. The average molecular weight is 384 g/mol. The van der Waals surface area contributed by atoms with Crippen LogP contribution in [0.2, 0.25) is 5.02 Å². The molecule has 0 unspecified atom stereocenters. The molecule has 4 nitrogen and oxygen atoms in total. The van der Waals surface area contributed by atoms with E-state index in [1.165, 1.54) is 5.56 Å². The number of hydrogen-bond donors (Lipinski definition) is 1. The first-order valence-corrected chi connectivity index (χ1v) is 9.65. The molecule has 1 aliphatic heterocycles. The van der Waals surface area contributed by atoms with Gasteiger partial charge in [-0.2, -0.15) is 0 Å². The quantitative estimate of drug-likeness (QED) is 0.647. The van der Waals surface area contributed by atoms with Gasteiger partial charge in [0.1, 0.15) is 5.01 Å². The molecule has 0 saturated carbocycles. The van der Waals surface area contributed by atoms with Crippen LogP contribution in [0.25, 0.3) is 10.6 Å². The van der Waals surface area contributed by atoms with Crippen LogP contribution in [-0.2, 0) is 13.0 Å². The number of carbonyl (C=O) groups is 1. The van der Waals surface area contributed by atoms with Gasteiger partial charge in [-0.3, -0.25) is 0 Å². The van der Waals surface area contributed by atoms with Crippen molar-refractivity contribution in [3.8, 4) is 10.6 Å². The van der Waals surface area contributed by atoms with E-state index in [0.29, 0.717) is 18.1 Å². The molecule has 2 aromatic carbocycles. The lowest BCUT2D eigenvalue weighted by atomic mass is 10.1. The summed E-state index contributed by atoms with van der Waals surface area (Å²) in [6, 6.07) is 15.4. The maximum atomic E-state index is 12.5. The van der Waals surface area contributed by atoms with Crippen molar-refractivity contribution in [2.45, 2.75) is 19.9 Å². The number of benzene rings is 2. The molecule has 1 N–H and O–H groups in total. The minimum Gasteiger partial charge on any atom is -0.319 e. The van der Waals surface area contributed by atoms with Crippen molar-refractivity contribution in [2.75, 3.05) is 11.9 Å². The minimum absolute atomic E-state index is 0.0942. The van der Waals surface area contributed by atoms with Gasteiger partial charge in [0.2, 0.25) is 0 Å². The van der Waals surface area contributed by atoms with Gasteiger partial charge in [-0.05, 0) is 31.2 Å². The van der Waals surface area contributed by atoms with Gasteiger partial charge in [0, 0.05) is 34.1 Å². The largest absolute Gasteiger partial charge is 0.322 e. The molecule has 3 aromatic rings. The van der Waals surface area contributed by atoms with Crippen LogP contribution < -0.4 is 5.32 Å². The summed E-state index contributed by atoms with van der Waals surface area (Å²) >= 11 is 7.56. The van der Waals surface area contributed by atoms with E-state index in [0.717, 1.165) is 33.3 Å². The number of nitrogens with zero attached hydrogens (tertiary/aromatic N) is 2.